The van der Waals surface area contributed by atoms with Gasteiger partial charge in [0.2, 0.25) is 0 Å². The zero-order chi connectivity index (χ0) is 18.0. The molecule has 0 unspecified atom stereocenters. The van der Waals surface area contributed by atoms with Crippen LogP contribution in [0.2, 0.25) is 0 Å². The minimum absolute atomic E-state index is 0.345. The summed E-state index contributed by atoms with van der Waals surface area (Å²) in [6.45, 7) is 4.16. The Kier molecular flexibility index (Phi) is 4.85. The van der Waals surface area contributed by atoms with Crippen LogP contribution in [0.1, 0.15) is 26.3 Å². The Bertz CT molecular complexity index is 959. The zero-order valence-corrected chi connectivity index (χ0v) is 14.7. The van der Waals surface area contributed by atoms with E-state index in [9.17, 15) is 14.7 Å². The van der Waals surface area contributed by atoms with Crippen LogP contribution < -0.4 is 10.3 Å². The Morgan fingerprint density at radius 3 is 2.72 bits per heavy atom. The van der Waals surface area contributed by atoms with Crippen molar-refractivity contribution < 1.29 is 14.6 Å². The number of hydrogen-bond acceptors (Lipinski definition) is 5. The van der Waals surface area contributed by atoms with Crippen LogP contribution in [-0.2, 0) is 4.79 Å². The van der Waals surface area contributed by atoms with E-state index in [2.05, 4.69) is 4.98 Å². The molecule has 0 aliphatic carbocycles. The average molecular weight is 358 g/mol. The maximum atomic E-state index is 12.8. The van der Waals surface area contributed by atoms with Gasteiger partial charge in [0.05, 0.1) is 18.3 Å². The van der Waals surface area contributed by atoms with Gasteiger partial charge >= 0.3 is 5.97 Å². The smallest absolute Gasteiger partial charge is 0.326 e. The van der Waals surface area contributed by atoms with E-state index in [0.717, 1.165) is 27.9 Å². The molecule has 7 heteroatoms. The fraction of sp³-hybridized carbons (Fsp3) is 0.278. The first kappa shape index (κ1) is 17.2. The summed E-state index contributed by atoms with van der Waals surface area (Å²) in [6.07, 6.45) is 2.23. The van der Waals surface area contributed by atoms with Crippen molar-refractivity contribution in [2.45, 2.75) is 26.3 Å². The summed E-state index contributed by atoms with van der Waals surface area (Å²) in [5.74, 6) is -0.294. The minimum Gasteiger partial charge on any atom is -0.494 e. The van der Waals surface area contributed by atoms with Gasteiger partial charge in [-0.15, -0.1) is 11.3 Å². The van der Waals surface area contributed by atoms with Gasteiger partial charge in [0.15, 0.2) is 0 Å². The lowest BCUT2D eigenvalue weighted by atomic mass is 10.1. The van der Waals surface area contributed by atoms with E-state index in [1.54, 1.807) is 0 Å². The molecule has 2 heterocycles. The first-order valence-corrected chi connectivity index (χ1v) is 8.85. The molecule has 1 atom stereocenters. The van der Waals surface area contributed by atoms with Crippen LogP contribution in [0.15, 0.2) is 40.8 Å². The van der Waals surface area contributed by atoms with E-state index in [0.29, 0.717) is 16.8 Å². The summed E-state index contributed by atoms with van der Waals surface area (Å²) in [5, 5.41) is 11.5. The number of carboxylic acid groups (broad SMARTS) is 1. The number of ether oxygens (including phenoxy) is 1. The second kappa shape index (κ2) is 7.06. The number of benzene rings is 1. The lowest BCUT2D eigenvalue weighted by Crippen LogP contribution is -2.28. The van der Waals surface area contributed by atoms with Crippen molar-refractivity contribution in [1.82, 2.24) is 9.55 Å². The summed E-state index contributed by atoms with van der Waals surface area (Å²) < 4.78 is 6.73. The van der Waals surface area contributed by atoms with Crippen molar-refractivity contribution in [3.8, 4) is 16.9 Å². The number of carbonyl (C=O) groups is 1. The molecule has 0 fully saturated rings. The van der Waals surface area contributed by atoms with Crippen LogP contribution in [0.3, 0.4) is 0 Å². The highest BCUT2D eigenvalue weighted by atomic mass is 32.1. The number of thiophene rings is 1. The maximum Gasteiger partial charge on any atom is 0.326 e. The first-order chi connectivity index (χ1) is 12.0. The molecule has 25 heavy (non-hydrogen) atoms. The molecule has 130 valence electrons. The van der Waals surface area contributed by atoms with Crippen LogP contribution >= 0.6 is 11.3 Å². The molecule has 0 spiro atoms. The van der Waals surface area contributed by atoms with Crippen molar-refractivity contribution in [2.75, 3.05) is 6.61 Å². The predicted octanol–water partition coefficient (Wildman–Crippen LogP) is 3.56. The van der Waals surface area contributed by atoms with Crippen molar-refractivity contribution in [1.29, 1.82) is 0 Å². The second-order valence-corrected chi connectivity index (χ2v) is 6.53. The summed E-state index contributed by atoms with van der Waals surface area (Å²) in [6, 6.07) is 6.54. The van der Waals surface area contributed by atoms with Gasteiger partial charge in [-0.05, 0) is 31.0 Å². The number of hydrogen-bond donors (Lipinski definition) is 1. The number of fused-ring (bicyclic) bond motifs is 1. The molecule has 2 aromatic heterocycles. The van der Waals surface area contributed by atoms with Crippen LogP contribution in [0, 0.1) is 0 Å². The maximum absolute atomic E-state index is 12.8. The predicted molar refractivity (Wildman–Crippen MR) is 97.4 cm³/mol. The lowest BCUT2D eigenvalue weighted by Gasteiger charge is -2.10. The normalized spacial score (nSPS) is 12.2. The van der Waals surface area contributed by atoms with Gasteiger partial charge in [-0.1, -0.05) is 19.1 Å². The SMILES string of the molecule is CCCOc1ccc(-c2csc3ncn([C@H](C)C(=O)O)c(=O)c23)cc1. The van der Waals surface area contributed by atoms with E-state index in [1.165, 1.54) is 24.6 Å². The van der Waals surface area contributed by atoms with E-state index >= 15 is 0 Å². The summed E-state index contributed by atoms with van der Waals surface area (Å²) in [7, 11) is 0. The lowest BCUT2D eigenvalue weighted by molar-refractivity contribution is -0.140. The monoisotopic (exact) mass is 358 g/mol. The van der Waals surface area contributed by atoms with Crippen LogP contribution in [0.5, 0.6) is 5.75 Å². The largest absolute Gasteiger partial charge is 0.494 e. The fourth-order valence-corrected chi connectivity index (χ4v) is 3.41. The molecular formula is C18H18N2O4S. The Morgan fingerprint density at radius 2 is 2.08 bits per heavy atom. The van der Waals surface area contributed by atoms with E-state index in [1.807, 2.05) is 36.6 Å². The molecule has 0 aliphatic heterocycles. The Morgan fingerprint density at radius 1 is 1.36 bits per heavy atom. The molecule has 0 bridgehead atoms. The molecule has 3 aromatic rings. The zero-order valence-electron chi connectivity index (χ0n) is 13.9. The number of aliphatic carboxylic acids is 1. The molecule has 6 nitrogen and oxygen atoms in total. The molecule has 0 saturated heterocycles. The third kappa shape index (κ3) is 3.28. The molecule has 1 N–H and O–H groups in total. The Labute approximate surface area is 148 Å². The molecule has 0 aliphatic rings. The van der Waals surface area contributed by atoms with Crippen molar-refractivity contribution in [3.63, 3.8) is 0 Å². The summed E-state index contributed by atoms with van der Waals surface area (Å²) in [5.41, 5.74) is 1.28. The van der Waals surface area contributed by atoms with Crippen LogP contribution in [0.4, 0.5) is 0 Å². The molecular weight excluding hydrogens is 340 g/mol. The van der Waals surface area contributed by atoms with Crippen LogP contribution in [0.25, 0.3) is 21.3 Å². The topological polar surface area (TPSA) is 81.4 Å². The van der Waals surface area contributed by atoms with Gasteiger partial charge < -0.3 is 9.84 Å². The van der Waals surface area contributed by atoms with Crippen molar-refractivity contribution in [3.05, 3.63) is 46.3 Å². The number of nitrogens with zero attached hydrogens (tertiary/aromatic N) is 2. The van der Waals surface area contributed by atoms with Gasteiger partial charge in [-0.25, -0.2) is 9.78 Å². The summed E-state index contributed by atoms with van der Waals surface area (Å²) >= 11 is 1.37. The second-order valence-electron chi connectivity index (χ2n) is 5.67. The third-order valence-electron chi connectivity index (χ3n) is 3.93. The molecule has 3 rings (SSSR count). The van der Waals surface area contributed by atoms with E-state index in [4.69, 9.17) is 4.74 Å². The first-order valence-electron chi connectivity index (χ1n) is 7.97. The van der Waals surface area contributed by atoms with Gasteiger partial charge in [0.1, 0.15) is 16.6 Å². The number of rotatable bonds is 6. The van der Waals surface area contributed by atoms with Crippen molar-refractivity contribution >= 4 is 27.5 Å². The highest BCUT2D eigenvalue weighted by Crippen LogP contribution is 2.31. The highest BCUT2D eigenvalue weighted by Gasteiger charge is 2.19. The van der Waals surface area contributed by atoms with Gasteiger partial charge in [0.25, 0.3) is 5.56 Å². The average Bonchev–Trinajstić information content (AvgIpc) is 3.05. The fourth-order valence-electron chi connectivity index (χ4n) is 2.50. The third-order valence-corrected chi connectivity index (χ3v) is 4.82. The van der Waals surface area contributed by atoms with Crippen molar-refractivity contribution in [2.24, 2.45) is 0 Å². The Balaban J connectivity index is 2.06. The highest BCUT2D eigenvalue weighted by molar-refractivity contribution is 7.17. The van der Waals surface area contributed by atoms with Gasteiger partial charge in [-0.2, -0.15) is 0 Å². The Hall–Kier alpha value is -2.67. The molecule has 1 aromatic carbocycles. The van der Waals surface area contributed by atoms with Gasteiger partial charge in [0, 0.05) is 10.9 Å². The minimum atomic E-state index is -1.07. The number of aromatic nitrogens is 2. The molecule has 0 amide bonds. The van der Waals surface area contributed by atoms with Gasteiger partial charge in [-0.3, -0.25) is 9.36 Å². The molecule has 0 saturated carbocycles. The molecule has 0 radical (unpaired) electrons. The van der Waals surface area contributed by atoms with E-state index in [-0.39, 0.29) is 5.56 Å². The quantitative estimate of drug-likeness (QED) is 0.729. The van der Waals surface area contributed by atoms with E-state index < -0.39 is 12.0 Å². The number of carboxylic acids is 1. The van der Waals surface area contributed by atoms with Crippen LogP contribution in [-0.4, -0.2) is 27.2 Å². The summed E-state index contributed by atoms with van der Waals surface area (Å²) in [4.78, 5) is 28.8. The standard InChI is InChI=1S/C18H18N2O4S/c1-3-8-24-13-6-4-12(5-7-13)14-9-25-16-15(14)17(21)20(10-19-16)11(2)18(22)23/h4-7,9-11H,3,8H2,1-2H3,(H,22,23)/t11-/m1/s1.